The van der Waals surface area contributed by atoms with E-state index in [0.29, 0.717) is 5.92 Å². The summed E-state index contributed by atoms with van der Waals surface area (Å²) in [7, 11) is 0. The molecule has 0 aliphatic carbocycles. The molecule has 1 aromatic rings. The van der Waals surface area contributed by atoms with Crippen LogP contribution in [-0.2, 0) is 4.79 Å². The summed E-state index contributed by atoms with van der Waals surface area (Å²) < 4.78 is 0. The van der Waals surface area contributed by atoms with Crippen LogP contribution in [0.2, 0.25) is 0 Å². The Hall–Kier alpha value is -1.39. The molecule has 2 heterocycles. The van der Waals surface area contributed by atoms with Gasteiger partial charge in [-0.25, -0.2) is 0 Å². The summed E-state index contributed by atoms with van der Waals surface area (Å²) in [6, 6.07) is 7.75. The summed E-state index contributed by atoms with van der Waals surface area (Å²) in [6.07, 6.45) is 4.04. The van der Waals surface area contributed by atoms with Gasteiger partial charge >= 0.3 is 0 Å². The number of benzene rings is 1. The number of piperidine rings is 1. The van der Waals surface area contributed by atoms with Gasteiger partial charge in [0.1, 0.15) is 6.04 Å². The number of likely N-dealkylation sites (tertiary alicyclic amines) is 1. The van der Waals surface area contributed by atoms with Crippen molar-refractivity contribution >= 4 is 11.6 Å². The molecular formula is C17H25N3O. The van der Waals surface area contributed by atoms with E-state index in [2.05, 4.69) is 22.5 Å². The Morgan fingerprint density at radius 2 is 2.05 bits per heavy atom. The molecule has 2 unspecified atom stereocenters. The van der Waals surface area contributed by atoms with E-state index in [1.54, 1.807) is 0 Å². The Bertz CT molecular complexity index is 497. The molecule has 4 heteroatoms. The van der Waals surface area contributed by atoms with Crippen LogP contribution < -0.4 is 10.6 Å². The van der Waals surface area contributed by atoms with Crippen molar-refractivity contribution in [3.05, 3.63) is 29.8 Å². The second-order valence-electron chi connectivity index (χ2n) is 6.38. The molecule has 0 radical (unpaired) electrons. The number of nitrogens with zero attached hydrogens (tertiary/aromatic N) is 1. The summed E-state index contributed by atoms with van der Waals surface area (Å²) in [4.78, 5) is 14.6. The molecule has 0 spiro atoms. The number of carbonyl (C=O) groups excluding carboxylic acids is 1. The highest BCUT2D eigenvalue weighted by Gasteiger charge is 2.29. The lowest BCUT2D eigenvalue weighted by Crippen LogP contribution is -2.38. The fourth-order valence-electron chi connectivity index (χ4n) is 3.38. The molecule has 114 valence electrons. The fourth-order valence-corrected chi connectivity index (χ4v) is 3.38. The standard InChI is InChI=1S/C17H25N3O/c1-13(12-20-9-5-2-6-10-20)11-18-16-14-7-3-4-8-15(14)19-17(16)21/h3-4,7-8,13,16,18H,2,5-6,9-12H2,1H3,(H,19,21). The first kappa shape index (κ1) is 14.5. The van der Waals surface area contributed by atoms with Gasteiger partial charge in [-0.3, -0.25) is 4.79 Å². The van der Waals surface area contributed by atoms with Crippen molar-refractivity contribution in [2.24, 2.45) is 5.92 Å². The second-order valence-corrected chi connectivity index (χ2v) is 6.38. The van der Waals surface area contributed by atoms with Crippen LogP contribution in [0.5, 0.6) is 0 Å². The van der Waals surface area contributed by atoms with Gasteiger partial charge < -0.3 is 15.5 Å². The number of anilines is 1. The van der Waals surface area contributed by atoms with Crippen LogP contribution in [0.4, 0.5) is 5.69 Å². The lowest BCUT2D eigenvalue weighted by Gasteiger charge is -2.29. The quantitative estimate of drug-likeness (QED) is 0.874. The van der Waals surface area contributed by atoms with Crippen LogP contribution in [0.15, 0.2) is 24.3 Å². The maximum Gasteiger partial charge on any atom is 0.246 e. The molecule has 2 atom stereocenters. The zero-order valence-corrected chi connectivity index (χ0v) is 12.8. The Morgan fingerprint density at radius 3 is 2.86 bits per heavy atom. The molecule has 1 saturated heterocycles. The fraction of sp³-hybridized carbons (Fsp3) is 0.588. The molecule has 4 nitrogen and oxygen atoms in total. The van der Waals surface area contributed by atoms with Gasteiger partial charge in [-0.2, -0.15) is 0 Å². The molecule has 2 aliphatic heterocycles. The van der Waals surface area contributed by atoms with E-state index < -0.39 is 0 Å². The summed E-state index contributed by atoms with van der Waals surface area (Å²) in [6.45, 7) is 6.74. The number of para-hydroxylation sites is 1. The SMILES string of the molecule is CC(CNC1C(=O)Nc2ccccc21)CN1CCCCC1. The third kappa shape index (κ3) is 3.44. The Kier molecular flexibility index (Phi) is 4.56. The van der Waals surface area contributed by atoms with Crippen LogP contribution in [0.3, 0.4) is 0 Å². The molecule has 0 bridgehead atoms. The van der Waals surface area contributed by atoms with Crippen LogP contribution in [0, 0.1) is 5.92 Å². The largest absolute Gasteiger partial charge is 0.324 e. The summed E-state index contributed by atoms with van der Waals surface area (Å²) >= 11 is 0. The molecule has 0 aromatic heterocycles. The van der Waals surface area contributed by atoms with Crippen molar-refractivity contribution in [3.63, 3.8) is 0 Å². The summed E-state index contributed by atoms with van der Waals surface area (Å²) in [5, 5.41) is 6.38. The normalized spacial score (nSPS) is 23.7. The van der Waals surface area contributed by atoms with Crippen molar-refractivity contribution in [2.45, 2.75) is 32.2 Å². The molecule has 21 heavy (non-hydrogen) atoms. The van der Waals surface area contributed by atoms with Crippen LogP contribution >= 0.6 is 0 Å². The first-order chi connectivity index (χ1) is 10.2. The van der Waals surface area contributed by atoms with Crippen molar-refractivity contribution in [2.75, 3.05) is 31.5 Å². The molecule has 1 aromatic carbocycles. The van der Waals surface area contributed by atoms with Crippen LogP contribution in [0.1, 0.15) is 37.8 Å². The first-order valence-electron chi connectivity index (χ1n) is 8.09. The number of hydrogen-bond acceptors (Lipinski definition) is 3. The zero-order valence-electron chi connectivity index (χ0n) is 12.8. The number of rotatable bonds is 5. The smallest absolute Gasteiger partial charge is 0.246 e. The highest BCUT2D eigenvalue weighted by Crippen LogP contribution is 2.30. The minimum absolute atomic E-state index is 0.0707. The zero-order chi connectivity index (χ0) is 14.7. The van der Waals surface area contributed by atoms with Crippen molar-refractivity contribution < 1.29 is 4.79 Å². The van der Waals surface area contributed by atoms with Gasteiger partial charge in [0.2, 0.25) is 5.91 Å². The van der Waals surface area contributed by atoms with Gasteiger partial charge in [-0.1, -0.05) is 31.5 Å². The number of carbonyl (C=O) groups is 1. The third-order valence-corrected chi connectivity index (χ3v) is 4.48. The number of hydrogen-bond donors (Lipinski definition) is 2. The number of fused-ring (bicyclic) bond motifs is 1. The highest BCUT2D eigenvalue weighted by molar-refractivity contribution is 6.02. The average molecular weight is 287 g/mol. The third-order valence-electron chi connectivity index (χ3n) is 4.48. The first-order valence-corrected chi connectivity index (χ1v) is 8.09. The van der Waals surface area contributed by atoms with E-state index in [9.17, 15) is 4.79 Å². The van der Waals surface area contributed by atoms with Crippen LogP contribution in [0.25, 0.3) is 0 Å². The minimum Gasteiger partial charge on any atom is -0.324 e. The molecule has 2 aliphatic rings. The molecule has 3 rings (SSSR count). The van der Waals surface area contributed by atoms with E-state index >= 15 is 0 Å². The monoisotopic (exact) mass is 287 g/mol. The van der Waals surface area contributed by atoms with E-state index in [-0.39, 0.29) is 11.9 Å². The maximum atomic E-state index is 12.0. The van der Waals surface area contributed by atoms with Gasteiger partial charge in [0.25, 0.3) is 0 Å². The molecule has 2 N–H and O–H groups in total. The Balaban J connectivity index is 1.51. The minimum atomic E-state index is -0.190. The lowest BCUT2D eigenvalue weighted by molar-refractivity contribution is -0.117. The van der Waals surface area contributed by atoms with Crippen LogP contribution in [-0.4, -0.2) is 37.0 Å². The summed E-state index contributed by atoms with van der Waals surface area (Å²) in [5.74, 6) is 0.630. The maximum absolute atomic E-state index is 12.0. The average Bonchev–Trinajstić information content (AvgIpc) is 2.81. The van der Waals surface area contributed by atoms with Gasteiger partial charge in [0.05, 0.1) is 0 Å². The predicted molar refractivity (Wildman–Crippen MR) is 85.3 cm³/mol. The van der Waals surface area contributed by atoms with Crippen molar-refractivity contribution in [3.8, 4) is 0 Å². The van der Waals surface area contributed by atoms with E-state index in [0.717, 1.165) is 24.3 Å². The van der Waals surface area contributed by atoms with Crippen molar-refractivity contribution in [1.29, 1.82) is 0 Å². The Labute approximate surface area is 126 Å². The van der Waals surface area contributed by atoms with Gasteiger partial charge in [-0.15, -0.1) is 0 Å². The van der Waals surface area contributed by atoms with E-state index in [1.807, 2.05) is 24.3 Å². The number of nitrogens with one attached hydrogen (secondary N) is 2. The molecule has 1 fully saturated rings. The Morgan fingerprint density at radius 1 is 1.29 bits per heavy atom. The molecule has 0 saturated carbocycles. The van der Waals surface area contributed by atoms with Crippen molar-refractivity contribution in [1.82, 2.24) is 10.2 Å². The second kappa shape index (κ2) is 6.58. The molecule has 1 amide bonds. The summed E-state index contributed by atoms with van der Waals surface area (Å²) in [5.41, 5.74) is 2.02. The molecular weight excluding hydrogens is 262 g/mol. The number of amides is 1. The van der Waals surface area contributed by atoms with Gasteiger partial charge in [-0.05, 0) is 44.5 Å². The van der Waals surface area contributed by atoms with Gasteiger partial charge in [0, 0.05) is 17.8 Å². The van der Waals surface area contributed by atoms with E-state index in [4.69, 9.17) is 0 Å². The highest BCUT2D eigenvalue weighted by atomic mass is 16.2. The lowest BCUT2D eigenvalue weighted by atomic mass is 10.1. The topological polar surface area (TPSA) is 44.4 Å². The van der Waals surface area contributed by atoms with Gasteiger partial charge in [0.15, 0.2) is 0 Å². The van der Waals surface area contributed by atoms with E-state index in [1.165, 1.54) is 32.4 Å². The predicted octanol–water partition coefficient (Wildman–Crippen LogP) is 2.39.